The van der Waals surface area contributed by atoms with Crippen LogP contribution in [0.1, 0.15) is 15.9 Å². The molecule has 4 nitrogen and oxygen atoms in total. The van der Waals surface area contributed by atoms with E-state index < -0.39 is 0 Å². The molecule has 1 heterocycles. The van der Waals surface area contributed by atoms with Crippen LogP contribution in [-0.2, 0) is 0 Å². The Morgan fingerprint density at radius 2 is 1.79 bits per heavy atom. The molecule has 0 fully saturated rings. The van der Waals surface area contributed by atoms with Crippen LogP contribution in [0.25, 0.3) is 0 Å². The number of nitrogens with one attached hydrogen (secondary N) is 2. The number of benzene rings is 2. The number of carbonyl (C=O) groups excluding carboxylic acids is 1. The molecule has 0 atom stereocenters. The number of carbonyl (C=O) groups is 1. The molecule has 3 rings (SSSR count). The van der Waals surface area contributed by atoms with Crippen molar-refractivity contribution in [3.8, 4) is 0 Å². The van der Waals surface area contributed by atoms with Crippen molar-refractivity contribution in [3.63, 3.8) is 0 Å². The van der Waals surface area contributed by atoms with Gasteiger partial charge >= 0.3 is 0 Å². The van der Waals surface area contributed by atoms with E-state index in [1.807, 2.05) is 55.5 Å². The third-order valence-corrected chi connectivity index (χ3v) is 4.38. The molecular formula is C19H16BrN3O. The largest absolute Gasteiger partial charge is 0.340 e. The molecular weight excluding hydrogens is 366 g/mol. The van der Waals surface area contributed by atoms with Gasteiger partial charge in [0.1, 0.15) is 5.82 Å². The predicted octanol–water partition coefficient (Wildman–Crippen LogP) is 5.15. The van der Waals surface area contributed by atoms with Crippen molar-refractivity contribution in [3.05, 3.63) is 82.5 Å². The number of pyridine rings is 1. The summed E-state index contributed by atoms with van der Waals surface area (Å²) in [5, 5.41) is 6.06. The monoisotopic (exact) mass is 381 g/mol. The average molecular weight is 382 g/mol. The van der Waals surface area contributed by atoms with Crippen LogP contribution in [0.4, 0.5) is 17.2 Å². The van der Waals surface area contributed by atoms with Crippen LogP contribution in [0.3, 0.4) is 0 Å². The predicted molar refractivity (Wildman–Crippen MR) is 101 cm³/mol. The second-order valence-electron chi connectivity index (χ2n) is 5.34. The molecule has 0 saturated heterocycles. The number of nitrogens with zero attached hydrogens (tertiary/aromatic N) is 1. The van der Waals surface area contributed by atoms with Gasteiger partial charge in [-0.3, -0.25) is 4.79 Å². The van der Waals surface area contributed by atoms with Crippen LogP contribution in [0.5, 0.6) is 0 Å². The van der Waals surface area contributed by atoms with Gasteiger partial charge in [0.25, 0.3) is 5.91 Å². The van der Waals surface area contributed by atoms with E-state index in [2.05, 4.69) is 31.5 Å². The first-order valence-electron chi connectivity index (χ1n) is 7.47. The zero-order valence-corrected chi connectivity index (χ0v) is 14.7. The van der Waals surface area contributed by atoms with Gasteiger partial charge < -0.3 is 10.6 Å². The summed E-state index contributed by atoms with van der Waals surface area (Å²) in [5.41, 5.74) is 3.36. The molecule has 0 radical (unpaired) electrons. The van der Waals surface area contributed by atoms with Gasteiger partial charge in [0, 0.05) is 22.0 Å². The lowest BCUT2D eigenvalue weighted by Gasteiger charge is -2.09. The Hall–Kier alpha value is -2.66. The lowest BCUT2D eigenvalue weighted by molar-refractivity contribution is 0.102. The minimum Gasteiger partial charge on any atom is -0.340 e. The first-order chi connectivity index (χ1) is 11.6. The summed E-state index contributed by atoms with van der Waals surface area (Å²) in [6.07, 6.45) is 1.56. The third-order valence-electron chi connectivity index (χ3n) is 3.49. The smallest absolute Gasteiger partial charge is 0.257 e. The Balaban J connectivity index is 1.68. The molecule has 120 valence electrons. The molecule has 0 saturated carbocycles. The number of aryl methyl sites for hydroxylation is 1. The van der Waals surface area contributed by atoms with Crippen molar-refractivity contribution >= 4 is 39.0 Å². The average Bonchev–Trinajstić information content (AvgIpc) is 2.60. The van der Waals surface area contributed by atoms with E-state index in [-0.39, 0.29) is 5.91 Å². The summed E-state index contributed by atoms with van der Waals surface area (Å²) in [6, 6.07) is 18.9. The first-order valence-corrected chi connectivity index (χ1v) is 8.27. The standard InChI is InChI=1S/C19H16BrN3O/c1-13-11-16(8-9-17(13)20)22-18-10-7-14(12-21-18)19(24)23-15-5-3-2-4-6-15/h2-12H,1H3,(H,21,22)(H,23,24). The maximum atomic E-state index is 12.2. The Morgan fingerprint density at radius 3 is 2.46 bits per heavy atom. The van der Waals surface area contributed by atoms with Crippen LogP contribution >= 0.6 is 15.9 Å². The normalized spacial score (nSPS) is 10.2. The van der Waals surface area contributed by atoms with Gasteiger partial charge in [0.2, 0.25) is 0 Å². The van der Waals surface area contributed by atoms with E-state index in [1.165, 1.54) is 0 Å². The highest BCUT2D eigenvalue weighted by Crippen LogP contribution is 2.22. The molecule has 0 unspecified atom stereocenters. The van der Waals surface area contributed by atoms with Crippen LogP contribution in [-0.4, -0.2) is 10.9 Å². The molecule has 0 bridgehead atoms. The quantitative estimate of drug-likeness (QED) is 0.656. The lowest BCUT2D eigenvalue weighted by atomic mass is 10.2. The number of halogens is 1. The van der Waals surface area contributed by atoms with Crippen molar-refractivity contribution in [1.29, 1.82) is 0 Å². The Bertz CT molecular complexity index is 848. The fourth-order valence-electron chi connectivity index (χ4n) is 2.20. The number of para-hydroxylation sites is 1. The fraction of sp³-hybridized carbons (Fsp3) is 0.0526. The highest BCUT2D eigenvalue weighted by atomic mass is 79.9. The SMILES string of the molecule is Cc1cc(Nc2ccc(C(=O)Nc3ccccc3)cn2)ccc1Br. The van der Waals surface area contributed by atoms with E-state index in [1.54, 1.807) is 18.3 Å². The van der Waals surface area contributed by atoms with Crippen molar-refractivity contribution < 1.29 is 4.79 Å². The summed E-state index contributed by atoms with van der Waals surface area (Å²) in [5.74, 6) is 0.507. The second-order valence-corrected chi connectivity index (χ2v) is 6.20. The lowest BCUT2D eigenvalue weighted by Crippen LogP contribution is -2.12. The summed E-state index contributed by atoms with van der Waals surface area (Å²) < 4.78 is 1.06. The number of amides is 1. The molecule has 3 aromatic rings. The van der Waals surface area contributed by atoms with E-state index in [9.17, 15) is 4.79 Å². The number of anilines is 3. The van der Waals surface area contributed by atoms with Crippen molar-refractivity contribution in [2.75, 3.05) is 10.6 Å². The highest BCUT2D eigenvalue weighted by molar-refractivity contribution is 9.10. The molecule has 0 aliphatic rings. The maximum absolute atomic E-state index is 12.2. The summed E-state index contributed by atoms with van der Waals surface area (Å²) >= 11 is 3.48. The molecule has 0 aliphatic heterocycles. The van der Waals surface area contributed by atoms with Crippen molar-refractivity contribution in [2.24, 2.45) is 0 Å². The van der Waals surface area contributed by atoms with Crippen molar-refractivity contribution in [1.82, 2.24) is 4.98 Å². The number of aromatic nitrogens is 1. The number of rotatable bonds is 4. The summed E-state index contributed by atoms with van der Waals surface area (Å²) in [7, 11) is 0. The van der Waals surface area contributed by atoms with Crippen LogP contribution < -0.4 is 10.6 Å². The van der Waals surface area contributed by atoms with Gasteiger partial charge in [-0.15, -0.1) is 0 Å². The van der Waals surface area contributed by atoms with Gasteiger partial charge in [-0.25, -0.2) is 4.98 Å². The molecule has 0 spiro atoms. The van der Waals surface area contributed by atoms with Gasteiger partial charge in [0.05, 0.1) is 5.56 Å². The van der Waals surface area contributed by atoms with Gasteiger partial charge in [-0.1, -0.05) is 34.1 Å². The van der Waals surface area contributed by atoms with E-state index in [4.69, 9.17) is 0 Å². The molecule has 5 heteroatoms. The number of hydrogen-bond acceptors (Lipinski definition) is 3. The minimum absolute atomic E-state index is 0.181. The molecule has 2 aromatic carbocycles. The number of hydrogen-bond donors (Lipinski definition) is 2. The molecule has 2 N–H and O–H groups in total. The highest BCUT2D eigenvalue weighted by Gasteiger charge is 2.07. The van der Waals surface area contributed by atoms with E-state index in [0.29, 0.717) is 11.4 Å². The third kappa shape index (κ3) is 4.00. The van der Waals surface area contributed by atoms with Crippen LogP contribution in [0, 0.1) is 6.92 Å². The van der Waals surface area contributed by atoms with Gasteiger partial charge in [-0.05, 0) is 55.0 Å². The zero-order valence-electron chi connectivity index (χ0n) is 13.1. The molecule has 0 aliphatic carbocycles. The molecule has 1 aromatic heterocycles. The van der Waals surface area contributed by atoms with E-state index >= 15 is 0 Å². The van der Waals surface area contributed by atoms with Crippen LogP contribution in [0.15, 0.2) is 71.3 Å². The molecule has 24 heavy (non-hydrogen) atoms. The topological polar surface area (TPSA) is 54.0 Å². The summed E-state index contributed by atoms with van der Waals surface area (Å²) in [6.45, 7) is 2.03. The fourth-order valence-corrected chi connectivity index (χ4v) is 2.44. The summed E-state index contributed by atoms with van der Waals surface area (Å²) in [4.78, 5) is 16.5. The van der Waals surface area contributed by atoms with Crippen molar-refractivity contribution in [2.45, 2.75) is 6.92 Å². The minimum atomic E-state index is -0.181. The molecule has 1 amide bonds. The zero-order chi connectivity index (χ0) is 16.9. The van der Waals surface area contributed by atoms with Gasteiger partial charge in [0.15, 0.2) is 0 Å². The Kier molecular flexibility index (Phi) is 4.91. The first kappa shape index (κ1) is 16.2. The van der Waals surface area contributed by atoms with Gasteiger partial charge in [-0.2, -0.15) is 0 Å². The maximum Gasteiger partial charge on any atom is 0.257 e. The van der Waals surface area contributed by atoms with Crippen LogP contribution in [0.2, 0.25) is 0 Å². The Morgan fingerprint density at radius 1 is 1.00 bits per heavy atom. The Labute approximate surface area is 149 Å². The second kappa shape index (κ2) is 7.27. The van der Waals surface area contributed by atoms with E-state index in [0.717, 1.165) is 21.4 Å².